The van der Waals surface area contributed by atoms with Gasteiger partial charge in [0.15, 0.2) is 5.78 Å². The maximum atomic E-state index is 12.2. The van der Waals surface area contributed by atoms with Crippen LogP contribution in [0.5, 0.6) is 0 Å². The van der Waals surface area contributed by atoms with E-state index >= 15 is 0 Å². The van der Waals surface area contributed by atoms with E-state index < -0.39 is 12.0 Å². The number of oxime groups is 1. The fraction of sp³-hybridized carbons (Fsp3) is 0.808. The zero-order valence-electron chi connectivity index (χ0n) is 20.4. The molecule has 0 unspecified atom stereocenters. The summed E-state index contributed by atoms with van der Waals surface area (Å²) in [4.78, 5) is 29.4. The molecule has 4 rings (SSSR count). The van der Waals surface area contributed by atoms with Gasteiger partial charge >= 0.3 is 5.97 Å². The van der Waals surface area contributed by atoms with Crippen molar-refractivity contribution in [2.24, 2.45) is 51.3 Å². The highest BCUT2D eigenvalue weighted by Gasteiger charge is 2.59. The van der Waals surface area contributed by atoms with E-state index in [9.17, 15) is 9.59 Å². The summed E-state index contributed by atoms with van der Waals surface area (Å²) < 4.78 is 0. The second-order valence-electron chi connectivity index (χ2n) is 11.6. The second kappa shape index (κ2) is 9.21. The van der Waals surface area contributed by atoms with Crippen LogP contribution in [0, 0.1) is 40.4 Å². The lowest BCUT2D eigenvalue weighted by Crippen LogP contribution is -2.51. The summed E-state index contributed by atoms with van der Waals surface area (Å²) in [6.45, 7) is 10.7. The summed E-state index contributed by atoms with van der Waals surface area (Å²) in [7, 11) is 0. The Morgan fingerprint density at radius 2 is 1.84 bits per heavy atom. The molecular formula is C26H41ClN2O3. The third kappa shape index (κ3) is 4.09. The molecule has 4 aliphatic carbocycles. The lowest BCUT2D eigenvalue weighted by Gasteiger charge is -2.58. The van der Waals surface area contributed by atoms with Crippen LogP contribution < -0.4 is 5.73 Å². The first kappa shape index (κ1) is 25.4. The predicted molar refractivity (Wildman–Crippen MR) is 129 cm³/mol. The summed E-state index contributed by atoms with van der Waals surface area (Å²) in [5.41, 5.74) is 8.70. The van der Waals surface area contributed by atoms with Crippen molar-refractivity contribution in [3.8, 4) is 0 Å². The number of nitrogens with two attached hydrogens (primary N) is 1. The minimum absolute atomic E-state index is 0. The van der Waals surface area contributed by atoms with Crippen molar-refractivity contribution in [2.45, 2.75) is 92.0 Å². The molecule has 3 saturated carbocycles. The number of carbonyl (C=O) groups excluding carboxylic acids is 2. The number of halogens is 1. The standard InChI is InChI=1S/C26H40N2O3.ClH/c1-15(2)23(27)24(30)31-28-16(3)20-8-9-21-19-7-6-17-14-18(29)10-12-25(17,4)22(19)11-13-26(20,21)5;/h14-15,19-23H,6-13,27H2,1-5H3;1H/b28-16+;/t19-,20+,21-,22-,23-,25-,26+;/m0./s1. The Hall–Kier alpha value is -1.20. The number of fused-ring (bicyclic) bond motifs is 5. The maximum Gasteiger partial charge on any atom is 0.351 e. The van der Waals surface area contributed by atoms with Gasteiger partial charge in [-0.05, 0) is 92.4 Å². The largest absolute Gasteiger partial charge is 0.351 e. The molecule has 32 heavy (non-hydrogen) atoms. The van der Waals surface area contributed by atoms with Crippen LogP contribution in [0.25, 0.3) is 0 Å². The van der Waals surface area contributed by atoms with Gasteiger partial charge in [0.1, 0.15) is 6.04 Å². The zero-order chi connectivity index (χ0) is 22.6. The number of hydrogen-bond acceptors (Lipinski definition) is 5. The van der Waals surface area contributed by atoms with Crippen molar-refractivity contribution < 1.29 is 14.4 Å². The number of allylic oxidation sites excluding steroid dienone is 1. The molecule has 0 radical (unpaired) electrons. The summed E-state index contributed by atoms with van der Waals surface area (Å²) >= 11 is 0. The van der Waals surface area contributed by atoms with Gasteiger partial charge in [0.05, 0.1) is 5.71 Å². The van der Waals surface area contributed by atoms with Crippen molar-refractivity contribution in [1.29, 1.82) is 0 Å². The van der Waals surface area contributed by atoms with Crippen LogP contribution in [0.15, 0.2) is 16.8 Å². The molecule has 0 amide bonds. The van der Waals surface area contributed by atoms with E-state index in [0.29, 0.717) is 30.0 Å². The molecular weight excluding hydrogens is 424 g/mol. The normalized spacial score (nSPS) is 39.9. The fourth-order valence-corrected chi connectivity index (χ4v) is 7.76. The third-order valence-corrected chi connectivity index (χ3v) is 9.74. The van der Waals surface area contributed by atoms with Crippen LogP contribution in [0.4, 0.5) is 0 Å². The molecule has 3 fully saturated rings. The summed E-state index contributed by atoms with van der Waals surface area (Å²) in [5, 5.41) is 4.28. The molecule has 6 heteroatoms. The van der Waals surface area contributed by atoms with Gasteiger partial charge in [-0.15, -0.1) is 12.4 Å². The summed E-state index contributed by atoms with van der Waals surface area (Å²) in [6.07, 6.45) is 10.8. The Morgan fingerprint density at radius 1 is 1.12 bits per heavy atom. The third-order valence-electron chi connectivity index (χ3n) is 9.74. The van der Waals surface area contributed by atoms with E-state index in [4.69, 9.17) is 10.6 Å². The number of ketones is 1. The molecule has 7 atom stereocenters. The molecule has 0 aromatic rings. The highest BCUT2D eigenvalue weighted by Crippen LogP contribution is 2.66. The van der Waals surface area contributed by atoms with Gasteiger partial charge in [-0.1, -0.05) is 38.4 Å². The van der Waals surface area contributed by atoms with Gasteiger partial charge in [0.25, 0.3) is 0 Å². The molecule has 4 aliphatic rings. The number of carbonyl (C=O) groups is 2. The van der Waals surface area contributed by atoms with Crippen molar-refractivity contribution in [3.63, 3.8) is 0 Å². The molecule has 0 bridgehead atoms. The second-order valence-corrected chi connectivity index (χ2v) is 11.6. The average molecular weight is 465 g/mol. The van der Waals surface area contributed by atoms with Gasteiger partial charge in [-0.3, -0.25) is 4.79 Å². The van der Waals surface area contributed by atoms with Crippen LogP contribution in [-0.2, 0) is 14.4 Å². The van der Waals surface area contributed by atoms with Crippen LogP contribution in [0.1, 0.15) is 86.0 Å². The molecule has 180 valence electrons. The van der Waals surface area contributed by atoms with Gasteiger partial charge in [-0.25, -0.2) is 4.79 Å². The molecule has 0 saturated heterocycles. The molecule has 0 heterocycles. The molecule has 0 spiro atoms. The van der Waals surface area contributed by atoms with Crippen LogP contribution in [-0.4, -0.2) is 23.5 Å². The highest BCUT2D eigenvalue weighted by molar-refractivity contribution is 5.91. The Morgan fingerprint density at radius 3 is 2.53 bits per heavy atom. The van der Waals surface area contributed by atoms with Crippen molar-refractivity contribution in [1.82, 2.24) is 0 Å². The van der Waals surface area contributed by atoms with Gasteiger partial charge in [-0.2, -0.15) is 0 Å². The van der Waals surface area contributed by atoms with E-state index in [1.807, 2.05) is 26.8 Å². The summed E-state index contributed by atoms with van der Waals surface area (Å²) in [6, 6.07) is -0.633. The molecule has 0 aliphatic heterocycles. The van der Waals surface area contributed by atoms with E-state index in [1.165, 1.54) is 31.3 Å². The summed E-state index contributed by atoms with van der Waals surface area (Å²) in [5.74, 6) is 2.38. The van der Waals surface area contributed by atoms with Crippen molar-refractivity contribution in [2.75, 3.05) is 0 Å². The molecule has 5 nitrogen and oxygen atoms in total. The maximum absolute atomic E-state index is 12.2. The fourth-order valence-electron chi connectivity index (χ4n) is 7.76. The monoisotopic (exact) mass is 464 g/mol. The van der Waals surface area contributed by atoms with Crippen molar-refractivity contribution in [3.05, 3.63) is 11.6 Å². The lowest BCUT2D eigenvalue weighted by atomic mass is 9.46. The zero-order valence-corrected chi connectivity index (χ0v) is 21.2. The SMILES string of the molecule is C/C(=N\OC(=O)[C@@H](N)C(C)C)[C@H]1CC[C@H]2[C@@H]3CCC4=CC(=O)CC[C@]4(C)[C@H]3CC[C@]12C.Cl. The molecule has 0 aromatic heterocycles. The lowest BCUT2D eigenvalue weighted by molar-refractivity contribution is -0.146. The first-order chi connectivity index (χ1) is 14.6. The van der Waals surface area contributed by atoms with Crippen molar-refractivity contribution >= 4 is 29.9 Å². The first-order valence-corrected chi connectivity index (χ1v) is 12.3. The molecule has 0 aromatic carbocycles. The Kier molecular flexibility index (Phi) is 7.32. The minimum Gasteiger partial charge on any atom is -0.318 e. The molecule has 2 N–H and O–H groups in total. The van der Waals surface area contributed by atoms with Crippen LogP contribution >= 0.6 is 12.4 Å². The van der Waals surface area contributed by atoms with Crippen LogP contribution in [0.2, 0.25) is 0 Å². The smallest absolute Gasteiger partial charge is 0.318 e. The van der Waals surface area contributed by atoms with Crippen LogP contribution in [0.3, 0.4) is 0 Å². The number of hydrogen-bond donors (Lipinski definition) is 1. The number of rotatable bonds is 4. The first-order valence-electron chi connectivity index (χ1n) is 12.3. The Bertz CT molecular complexity index is 822. The topological polar surface area (TPSA) is 81.8 Å². The minimum atomic E-state index is -0.633. The van der Waals surface area contributed by atoms with Gasteiger partial charge in [0.2, 0.25) is 0 Å². The van der Waals surface area contributed by atoms with E-state index in [1.54, 1.807) is 0 Å². The van der Waals surface area contributed by atoms with E-state index in [0.717, 1.165) is 30.9 Å². The quantitative estimate of drug-likeness (QED) is 0.340. The number of nitrogens with zero attached hydrogens (tertiary/aromatic N) is 1. The average Bonchev–Trinajstić information content (AvgIpc) is 3.09. The van der Waals surface area contributed by atoms with E-state index in [2.05, 4.69) is 19.0 Å². The van der Waals surface area contributed by atoms with Gasteiger partial charge in [0, 0.05) is 12.3 Å². The highest BCUT2D eigenvalue weighted by atomic mass is 35.5. The van der Waals surface area contributed by atoms with Gasteiger partial charge < -0.3 is 10.6 Å². The Balaban J connectivity index is 0.00000289. The Labute approximate surface area is 199 Å². The van der Waals surface area contributed by atoms with E-state index in [-0.39, 0.29) is 29.2 Å². The predicted octanol–water partition coefficient (Wildman–Crippen LogP) is 5.46.